The summed E-state index contributed by atoms with van der Waals surface area (Å²) in [4.78, 5) is 16.7. The summed E-state index contributed by atoms with van der Waals surface area (Å²) in [6.07, 6.45) is 5.01. The number of sulfone groups is 1. The van der Waals surface area contributed by atoms with Gasteiger partial charge in [-0.05, 0) is 46.7 Å². The molecule has 22 heavy (non-hydrogen) atoms. The predicted octanol–water partition coefficient (Wildman–Crippen LogP) is 1.92. The van der Waals surface area contributed by atoms with Crippen LogP contribution < -0.4 is 0 Å². The summed E-state index contributed by atoms with van der Waals surface area (Å²) in [6.45, 7) is 10.6. The fraction of sp³-hybridized carbons (Fsp3) is 0.938. The van der Waals surface area contributed by atoms with E-state index in [4.69, 9.17) is 0 Å². The van der Waals surface area contributed by atoms with Gasteiger partial charge in [-0.25, -0.2) is 8.42 Å². The summed E-state index contributed by atoms with van der Waals surface area (Å²) in [5.74, 6) is -0.246. The van der Waals surface area contributed by atoms with E-state index < -0.39 is 15.1 Å². The zero-order valence-corrected chi connectivity index (χ0v) is 15.4. The van der Waals surface area contributed by atoms with E-state index >= 15 is 0 Å². The highest BCUT2D eigenvalue weighted by atomic mass is 32.2. The lowest BCUT2D eigenvalue weighted by atomic mass is 10.2. The van der Waals surface area contributed by atoms with E-state index in [1.54, 1.807) is 11.8 Å². The number of nitrogens with zero attached hydrogens (tertiary/aromatic N) is 2. The molecule has 0 bridgehead atoms. The van der Waals surface area contributed by atoms with Crippen molar-refractivity contribution in [2.75, 3.05) is 31.9 Å². The molecule has 0 spiro atoms. The van der Waals surface area contributed by atoms with E-state index in [0.29, 0.717) is 6.54 Å². The quantitative estimate of drug-likeness (QED) is 0.715. The van der Waals surface area contributed by atoms with E-state index in [0.717, 1.165) is 19.6 Å². The van der Waals surface area contributed by atoms with Gasteiger partial charge in [-0.2, -0.15) is 0 Å². The Hall–Kier alpha value is -0.620. The molecule has 0 radical (unpaired) electrons. The molecule has 0 N–H and O–H groups in total. The Morgan fingerprint density at radius 3 is 2.09 bits per heavy atom. The fourth-order valence-electron chi connectivity index (χ4n) is 2.87. The van der Waals surface area contributed by atoms with Crippen molar-refractivity contribution in [3.8, 4) is 0 Å². The molecule has 1 rings (SSSR count). The van der Waals surface area contributed by atoms with Crippen LogP contribution in [0.25, 0.3) is 0 Å². The van der Waals surface area contributed by atoms with Crippen LogP contribution >= 0.6 is 0 Å². The Bertz CT molecular complexity index is 440. The minimum Gasteiger partial charge on any atom is -0.338 e. The Labute approximate surface area is 136 Å². The van der Waals surface area contributed by atoms with Gasteiger partial charge in [0.05, 0.1) is 0 Å². The SMILES string of the molecule is CCS(=O)(=O)[C@H](C)C(=O)N(CCN1CCCCCC1)C(C)C. The Morgan fingerprint density at radius 1 is 1.09 bits per heavy atom. The van der Waals surface area contributed by atoms with Crippen molar-refractivity contribution in [1.29, 1.82) is 0 Å². The standard InChI is InChI=1S/C16H32N2O3S/c1-5-22(20,21)15(4)16(19)18(14(2)3)13-12-17-10-8-6-7-9-11-17/h14-15H,5-13H2,1-4H3/t15-/m1/s1. The van der Waals surface area contributed by atoms with Crippen LogP contribution in [0, 0.1) is 0 Å². The minimum atomic E-state index is -3.33. The van der Waals surface area contributed by atoms with Crippen LogP contribution in [0.5, 0.6) is 0 Å². The molecule has 5 nitrogen and oxygen atoms in total. The van der Waals surface area contributed by atoms with E-state index in [1.807, 2.05) is 13.8 Å². The third-order valence-corrected chi connectivity index (χ3v) is 6.63. The van der Waals surface area contributed by atoms with E-state index in [1.165, 1.54) is 32.6 Å². The molecule has 0 aliphatic carbocycles. The maximum atomic E-state index is 12.6. The zero-order chi connectivity index (χ0) is 16.8. The topological polar surface area (TPSA) is 57.7 Å². The first-order valence-electron chi connectivity index (χ1n) is 8.54. The number of likely N-dealkylation sites (tertiary alicyclic amines) is 1. The Kier molecular flexibility index (Phi) is 7.83. The van der Waals surface area contributed by atoms with Crippen LogP contribution in [0.1, 0.15) is 53.4 Å². The summed E-state index contributed by atoms with van der Waals surface area (Å²) in [5, 5.41) is -0.941. The normalized spacial score (nSPS) is 19.0. The second kappa shape index (κ2) is 8.87. The first-order chi connectivity index (χ1) is 10.3. The number of rotatable bonds is 7. The highest BCUT2D eigenvalue weighted by Crippen LogP contribution is 2.12. The van der Waals surface area contributed by atoms with Crippen LogP contribution in [0.3, 0.4) is 0 Å². The lowest BCUT2D eigenvalue weighted by molar-refractivity contribution is -0.132. The number of hydrogen-bond donors (Lipinski definition) is 0. The largest absolute Gasteiger partial charge is 0.338 e. The summed E-state index contributed by atoms with van der Waals surface area (Å²) in [6, 6.07) is 0.0222. The highest BCUT2D eigenvalue weighted by molar-refractivity contribution is 7.92. The lowest BCUT2D eigenvalue weighted by Crippen LogP contribution is -2.48. The second-order valence-corrected chi connectivity index (χ2v) is 9.09. The molecule has 0 saturated carbocycles. The number of hydrogen-bond acceptors (Lipinski definition) is 4. The maximum Gasteiger partial charge on any atom is 0.240 e. The molecule has 1 fully saturated rings. The van der Waals surface area contributed by atoms with Crippen LogP contribution in [-0.4, -0.2) is 67.3 Å². The molecule has 0 aromatic carbocycles. The Balaban J connectivity index is 2.66. The van der Waals surface area contributed by atoms with Gasteiger partial charge >= 0.3 is 0 Å². The van der Waals surface area contributed by atoms with Crippen molar-refractivity contribution < 1.29 is 13.2 Å². The molecule has 6 heteroatoms. The van der Waals surface area contributed by atoms with Gasteiger partial charge in [0.25, 0.3) is 0 Å². The van der Waals surface area contributed by atoms with Gasteiger partial charge < -0.3 is 9.80 Å². The monoisotopic (exact) mass is 332 g/mol. The summed E-state index contributed by atoms with van der Waals surface area (Å²) in [7, 11) is -3.33. The molecular formula is C16H32N2O3S. The molecule has 1 aliphatic heterocycles. The molecule has 0 aromatic rings. The van der Waals surface area contributed by atoms with Crippen LogP contribution in [0.2, 0.25) is 0 Å². The molecule has 1 amide bonds. The average molecular weight is 333 g/mol. The minimum absolute atomic E-state index is 0.0119. The smallest absolute Gasteiger partial charge is 0.240 e. The van der Waals surface area contributed by atoms with E-state index in [2.05, 4.69) is 4.90 Å². The second-order valence-electron chi connectivity index (χ2n) is 6.47. The first-order valence-corrected chi connectivity index (χ1v) is 10.3. The van der Waals surface area contributed by atoms with Gasteiger partial charge in [0, 0.05) is 24.9 Å². The summed E-state index contributed by atoms with van der Waals surface area (Å²) in [5.41, 5.74) is 0. The number of carbonyl (C=O) groups is 1. The molecule has 1 aliphatic rings. The zero-order valence-electron chi connectivity index (χ0n) is 14.5. The first kappa shape index (κ1) is 19.4. The molecule has 0 unspecified atom stereocenters. The van der Waals surface area contributed by atoms with E-state index in [9.17, 15) is 13.2 Å². The third-order valence-electron chi connectivity index (χ3n) is 4.55. The highest BCUT2D eigenvalue weighted by Gasteiger charge is 2.31. The number of amides is 1. The van der Waals surface area contributed by atoms with Gasteiger partial charge in [0.2, 0.25) is 5.91 Å². The van der Waals surface area contributed by atoms with Crippen molar-refractivity contribution in [2.24, 2.45) is 0 Å². The van der Waals surface area contributed by atoms with Gasteiger partial charge in [-0.15, -0.1) is 0 Å². The molecule has 130 valence electrons. The number of carbonyl (C=O) groups excluding carboxylic acids is 1. The molecule has 1 heterocycles. The lowest BCUT2D eigenvalue weighted by Gasteiger charge is -2.31. The van der Waals surface area contributed by atoms with Crippen molar-refractivity contribution >= 4 is 15.7 Å². The van der Waals surface area contributed by atoms with Gasteiger partial charge in [-0.1, -0.05) is 19.8 Å². The van der Waals surface area contributed by atoms with Crippen LogP contribution in [-0.2, 0) is 14.6 Å². The predicted molar refractivity (Wildman–Crippen MR) is 90.7 cm³/mol. The van der Waals surface area contributed by atoms with Crippen LogP contribution in [0.4, 0.5) is 0 Å². The van der Waals surface area contributed by atoms with Crippen molar-refractivity contribution in [3.05, 3.63) is 0 Å². The average Bonchev–Trinajstić information content (AvgIpc) is 2.74. The maximum absolute atomic E-state index is 12.6. The molecule has 1 saturated heterocycles. The van der Waals surface area contributed by atoms with Crippen LogP contribution in [0.15, 0.2) is 0 Å². The van der Waals surface area contributed by atoms with Crippen molar-refractivity contribution in [3.63, 3.8) is 0 Å². The van der Waals surface area contributed by atoms with E-state index in [-0.39, 0.29) is 17.7 Å². The molecule has 1 atom stereocenters. The summed E-state index contributed by atoms with van der Waals surface area (Å²) < 4.78 is 23.9. The fourth-order valence-corrected chi connectivity index (χ4v) is 3.81. The third kappa shape index (κ3) is 5.54. The van der Waals surface area contributed by atoms with Crippen molar-refractivity contribution in [1.82, 2.24) is 9.80 Å². The van der Waals surface area contributed by atoms with Gasteiger partial charge in [-0.3, -0.25) is 4.79 Å². The van der Waals surface area contributed by atoms with Gasteiger partial charge in [0.15, 0.2) is 9.84 Å². The van der Waals surface area contributed by atoms with Gasteiger partial charge in [0.1, 0.15) is 5.25 Å². The molecular weight excluding hydrogens is 300 g/mol. The summed E-state index contributed by atoms with van der Waals surface area (Å²) >= 11 is 0. The van der Waals surface area contributed by atoms with Crippen molar-refractivity contribution in [2.45, 2.75) is 64.7 Å². The molecule has 0 aromatic heterocycles. The Morgan fingerprint density at radius 2 is 1.64 bits per heavy atom.